The van der Waals surface area contributed by atoms with Gasteiger partial charge in [0.1, 0.15) is 5.54 Å². The van der Waals surface area contributed by atoms with Crippen LogP contribution in [0.3, 0.4) is 0 Å². The number of ether oxygens (including phenoxy) is 1. The molecule has 0 saturated heterocycles. The number of nitrogens with zero attached hydrogens (tertiary/aromatic N) is 1. The smallest absolute Gasteiger partial charge is 0.411 e. The monoisotopic (exact) mass is 585 g/mol. The van der Waals surface area contributed by atoms with E-state index in [1.165, 1.54) is 12.0 Å². The number of aliphatic carboxylic acids is 1. The third-order valence-electron chi connectivity index (χ3n) is 8.59. The van der Waals surface area contributed by atoms with Crippen molar-refractivity contribution in [2.75, 3.05) is 12.9 Å². The molecule has 1 amide bonds. The van der Waals surface area contributed by atoms with Crippen LogP contribution in [0.5, 0.6) is 0 Å². The van der Waals surface area contributed by atoms with Crippen molar-refractivity contribution < 1.29 is 19.4 Å². The minimum absolute atomic E-state index is 0.195. The highest BCUT2D eigenvalue weighted by Crippen LogP contribution is 2.56. The second-order valence-corrected chi connectivity index (χ2v) is 10.9. The Hall–Kier alpha value is -4.81. The van der Waals surface area contributed by atoms with Crippen LogP contribution in [0.1, 0.15) is 33.7 Å². The number of amides is 1. The molecule has 43 heavy (non-hydrogen) atoms. The standard InChI is InChI=1S/C37H31NO4S/c1-42-35(41)38(36(25-43,34(39)40)33-31-23-13-11-21-29(31)30-22-12-14-24-32(30)33)37(26-15-5-2-6-16-26,27-17-7-3-8-18-27)28-19-9-4-10-20-28/h2-24,33,43H,25H2,1H3,(H,39,40)/t36-/m1/s1. The van der Waals surface area contributed by atoms with Gasteiger partial charge in [-0.25, -0.2) is 9.59 Å². The molecular weight excluding hydrogens is 554 g/mol. The van der Waals surface area contributed by atoms with Gasteiger partial charge in [-0.1, -0.05) is 140 Å². The Morgan fingerprint density at radius 1 is 0.674 bits per heavy atom. The summed E-state index contributed by atoms with van der Waals surface area (Å²) < 4.78 is 5.57. The number of methoxy groups -OCH3 is 1. The zero-order valence-electron chi connectivity index (χ0n) is 23.6. The maximum absolute atomic E-state index is 14.6. The van der Waals surface area contributed by atoms with Gasteiger partial charge in [0.05, 0.1) is 7.11 Å². The lowest BCUT2D eigenvalue weighted by Gasteiger charge is -2.54. The van der Waals surface area contributed by atoms with Crippen LogP contribution in [0.25, 0.3) is 11.1 Å². The lowest BCUT2D eigenvalue weighted by Crippen LogP contribution is -2.69. The van der Waals surface area contributed by atoms with Gasteiger partial charge >= 0.3 is 12.1 Å². The molecule has 5 aromatic rings. The zero-order valence-corrected chi connectivity index (χ0v) is 24.5. The van der Waals surface area contributed by atoms with Crippen molar-refractivity contribution in [3.05, 3.63) is 167 Å². The predicted octanol–water partition coefficient (Wildman–Crippen LogP) is 7.61. The zero-order chi connectivity index (χ0) is 30.0. The number of carbonyl (C=O) groups excluding carboxylic acids is 1. The van der Waals surface area contributed by atoms with Gasteiger partial charge in [0, 0.05) is 11.7 Å². The summed E-state index contributed by atoms with van der Waals surface area (Å²) >= 11 is 4.81. The quantitative estimate of drug-likeness (QED) is 0.145. The molecule has 0 fully saturated rings. The minimum atomic E-state index is -1.92. The van der Waals surface area contributed by atoms with E-state index in [9.17, 15) is 14.7 Å². The van der Waals surface area contributed by atoms with Crippen LogP contribution in [-0.2, 0) is 15.1 Å². The van der Waals surface area contributed by atoms with Crippen molar-refractivity contribution in [1.29, 1.82) is 0 Å². The molecule has 6 heteroatoms. The first-order chi connectivity index (χ1) is 21.0. The average molecular weight is 586 g/mol. The van der Waals surface area contributed by atoms with Crippen LogP contribution in [0.15, 0.2) is 140 Å². The van der Waals surface area contributed by atoms with E-state index in [1.807, 2.05) is 140 Å². The number of carboxylic acids is 1. The molecule has 1 atom stereocenters. The van der Waals surface area contributed by atoms with Gasteiger partial charge in [-0.05, 0) is 38.9 Å². The highest BCUT2D eigenvalue weighted by molar-refractivity contribution is 7.80. The van der Waals surface area contributed by atoms with Gasteiger partial charge in [-0.15, -0.1) is 0 Å². The van der Waals surface area contributed by atoms with Crippen molar-refractivity contribution in [3.63, 3.8) is 0 Å². The number of hydrogen-bond donors (Lipinski definition) is 2. The summed E-state index contributed by atoms with van der Waals surface area (Å²) in [5.41, 5.74) is 2.30. The molecule has 0 heterocycles. The van der Waals surface area contributed by atoms with Crippen molar-refractivity contribution in [2.24, 2.45) is 0 Å². The third-order valence-corrected chi connectivity index (χ3v) is 9.07. The molecule has 0 radical (unpaired) electrons. The van der Waals surface area contributed by atoms with E-state index in [0.717, 1.165) is 22.3 Å². The summed E-state index contributed by atoms with van der Waals surface area (Å²) in [5, 5.41) is 11.6. The number of carbonyl (C=O) groups is 2. The van der Waals surface area contributed by atoms with Crippen LogP contribution < -0.4 is 0 Å². The Balaban J connectivity index is 1.80. The number of thiol groups is 1. The molecule has 5 nitrogen and oxygen atoms in total. The van der Waals surface area contributed by atoms with Crippen LogP contribution in [-0.4, -0.2) is 40.5 Å². The molecule has 6 rings (SSSR count). The van der Waals surface area contributed by atoms with E-state index in [0.29, 0.717) is 16.7 Å². The van der Waals surface area contributed by atoms with E-state index in [1.54, 1.807) is 0 Å². The van der Waals surface area contributed by atoms with Crippen molar-refractivity contribution in [3.8, 4) is 11.1 Å². The molecule has 1 N–H and O–H groups in total. The summed E-state index contributed by atoms with van der Waals surface area (Å²) in [4.78, 5) is 30.2. The fourth-order valence-corrected chi connectivity index (χ4v) is 7.32. The lowest BCUT2D eigenvalue weighted by atomic mass is 9.69. The fourth-order valence-electron chi connectivity index (χ4n) is 6.86. The molecular formula is C37H31NO4S. The maximum Gasteiger partial charge on any atom is 0.411 e. The van der Waals surface area contributed by atoms with E-state index >= 15 is 0 Å². The molecule has 1 aliphatic carbocycles. The number of fused-ring (bicyclic) bond motifs is 3. The molecule has 1 aliphatic rings. The maximum atomic E-state index is 14.6. The van der Waals surface area contributed by atoms with E-state index in [2.05, 4.69) is 0 Å². The Kier molecular flexibility index (Phi) is 7.55. The predicted molar refractivity (Wildman–Crippen MR) is 171 cm³/mol. The summed E-state index contributed by atoms with van der Waals surface area (Å²) in [5.74, 6) is -2.14. The summed E-state index contributed by atoms with van der Waals surface area (Å²) in [7, 11) is 1.29. The van der Waals surface area contributed by atoms with Crippen molar-refractivity contribution >= 4 is 24.7 Å². The number of hydrogen-bond acceptors (Lipinski definition) is 4. The van der Waals surface area contributed by atoms with Gasteiger partial charge < -0.3 is 9.84 Å². The average Bonchev–Trinajstić information content (AvgIpc) is 3.41. The molecule has 214 valence electrons. The lowest BCUT2D eigenvalue weighted by molar-refractivity contribution is -0.152. The molecule has 0 saturated carbocycles. The fraction of sp³-hybridized carbons (Fsp3) is 0.135. The summed E-state index contributed by atoms with van der Waals surface area (Å²) in [6.07, 6.45) is -0.783. The van der Waals surface area contributed by atoms with Gasteiger partial charge in [0.15, 0.2) is 5.54 Å². The number of carboxylic acid groups (broad SMARTS) is 1. The molecule has 0 unspecified atom stereocenters. The Morgan fingerprint density at radius 3 is 1.40 bits per heavy atom. The topological polar surface area (TPSA) is 66.8 Å². The Morgan fingerprint density at radius 2 is 1.05 bits per heavy atom. The SMILES string of the molecule is COC(=O)N(C(c1ccccc1)(c1ccccc1)c1ccccc1)[C@@](CS)(C(=O)O)C1c2ccccc2-c2ccccc21. The van der Waals surface area contributed by atoms with E-state index in [4.69, 9.17) is 17.4 Å². The molecule has 0 aromatic heterocycles. The molecule has 5 aromatic carbocycles. The van der Waals surface area contributed by atoms with Crippen molar-refractivity contribution in [1.82, 2.24) is 4.90 Å². The Bertz CT molecular complexity index is 1620. The van der Waals surface area contributed by atoms with Gasteiger partial charge in [-0.2, -0.15) is 12.6 Å². The largest absolute Gasteiger partial charge is 0.479 e. The number of rotatable bonds is 8. The highest BCUT2D eigenvalue weighted by Gasteiger charge is 2.63. The normalized spacial score (nSPS) is 13.8. The highest BCUT2D eigenvalue weighted by atomic mass is 32.1. The van der Waals surface area contributed by atoms with E-state index in [-0.39, 0.29) is 5.75 Å². The second kappa shape index (κ2) is 11.5. The van der Waals surface area contributed by atoms with Gasteiger partial charge in [0.2, 0.25) is 0 Å². The van der Waals surface area contributed by atoms with Gasteiger partial charge in [0.25, 0.3) is 0 Å². The second-order valence-electron chi connectivity index (χ2n) is 10.6. The first-order valence-corrected chi connectivity index (χ1v) is 14.7. The minimum Gasteiger partial charge on any atom is -0.479 e. The van der Waals surface area contributed by atoms with Crippen LogP contribution >= 0.6 is 12.6 Å². The van der Waals surface area contributed by atoms with Gasteiger partial charge in [-0.3, -0.25) is 4.90 Å². The van der Waals surface area contributed by atoms with Crippen LogP contribution in [0.4, 0.5) is 4.79 Å². The van der Waals surface area contributed by atoms with Crippen LogP contribution in [0.2, 0.25) is 0 Å². The first-order valence-electron chi connectivity index (χ1n) is 14.1. The molecule has 0 bridgehead atoms. The number of benzene rings is 5. The first kappa shape index (κ1) is 28.3. The van der Waals surface area contributed by atoms with Crippen LogP contribution in [0, 0.1) is 0 Å². The third kappa shape index (κ3) is 4.24. The van der Waals surface area contributed by atoms with E-state index < -0.39 is 29.1 Å². The molecule has 0 spiro atoms. The van der Waals surface area contributed by atoms with Crippen molar-refractivity contribution in [2.45, 2.75) is 17.0 Å². The summed E-state index contributed by atoms with van der Waals surface area (Å²) in [6, 6.07) is 44.3. The molecule has 0 aliphatic heterocycles. The Labute approximate surface area is 256 Å². The summed E-state index contributed by atoms with van der Waals surface area (Å²) in [6.45, 7) is 0.